The average Bonchev–Trinajstić information content (AvgIpc) is 2.13. The lowest BCUT2D eigenvalue weighted by Gasteiger charge is -2.44. The van der Waals surface area contributed by atoms with Crippen LogP contribution in [0.4, 0.5) is 0 Å². The smallest absolute Gasteiger partial charge is 0.326 e. The van der Waals surface area contributed by atoms with Crippen molar-refractivity contribution in [2.75, 3.05) is 7.11 Å². The van der Waals surface area contributed by atoms with E-state index in [9.17, 15) is 4.79 Å². The molecule has 94 valence electrons. The van der Waals surface area contributed by atoms with Crippen LogP contribution in [-0.4, -0.2) is 24.7 Å². The molecule has 0 aromatic heterocycles. The van der Waals surface area contributed by atoms with Crippen molar-refractivity contribution in [3.05, 3.63) is 0 Å². The largest absolute Gasteiger partial charge is 0.468 e. The van der Waals surface area contributed by atoms with Crippen LogP contribution in [0, 0.1) is 5.41 Å². The minimum Gasteiger partial charge on any atom is -0.468 e. The van der Waals surface area contributed by atoms with Crippen molar-refractivity contribution in [2.24, 2.45) is 5.41 Å². The molecule has 1 aliphatic carbocycles. The summed E-state index contributed by atoms with van der Waals surface area (Å²) in [6, 6.07) is 0.299. The molecule has 0 saturated heterocycles. The lowest BCUT2D eigenvalue weighted by Crippen LogP contribution is -2.58. The number of carbonyl (C=O) groups is 1. The molecule has 0 aromatic rings. The maximum atomic E-state index is 12.0. The Morgan fingerprint density at radius 1 is 1.31 bits per heavy atom. The van der Waals surface area contributed by atoms with Crippen LogP contribution in [-0.2, 0) is 9.53 Å². The van der Waals surface area contributed by atoms with Crippen LogP contribution in [0.25, 0.3) is 0 Å². The van der Waals surface area contributed by atoms with Crippen molar-refractivity contribution in [3.8, 4) is 0 Å². The third kappa shape index (κ3) is 2.97. The Labute approximate surface area is 98.9 Å². The number of carbonyl (C=O) groups excluding carboxylic acids is 1. The Kier molecular flexibility index (Phi) is 4.00. The second-order valence-corrected chi connectivity index (χ2v) is 6.07. The Hall–Kier alpha value is -0.570. The number of esters is 1. The Balaban J connectivity index is 2.90. The molecule has 1 rings (SSSR count). The van der Waals surface area contributed by atoms with E-state index in [0.717, 1.165) is 19.3 Å². The summed E-state index contributed by atoms with van der Waals surface area (Å²) in [5.41, 5.74) is -0.251. The Morgan fingerprint density at radius 2 is 1.94 bits per heavy atom. The maximum absolute atomic E-state index is 12.0. The zero-order valence-corrected chi connectivity index (χ0v) is 11.2. The van der Waals surface area contributed by atoms with E-state index in [1.807, 2.05) is 0 Å². The molecule has 0 aromatic carbocycles. The van der Waals surface area contributed by atoms with Crippen LogP contribution in [0.15, 0.2) is 0 Å². The summed E-state index contributed by atoms with van der Waals surface area (Å²) in [5, 5.41) is 3.43. The number of rotatable bonds is 3. The van der Waals surface area contributed by atoms with Gasteiger partial charge in [0.25, 0.3) is 0 Å². The Bertz CT molecular complexity index is 261. The highest BCUT2D eigenvalue weighted by molar-refractivity contribution is 5.81. The molecule has 3 heteroatoms. The number of ether oxygens (including phenoxy) is 1. The van der Waals surface area contributed by atoms with Crippen LogP contribution in [0.5, 0.6) is 0 Å². The third-order valence-electron chi connectivity index (χ3n) is 3.38. The quantitative estimate of drug-likeness (QED) is 0.753. The summed E-state index contributed by atoms with van der Waals surface area (Å²) in [5.74, 6) is -0.103. The molecule has 3 nitrogen and oxygen atoms in total. The molecule has 0 amide bonds. The van der Waals surface area contributed by atoms with Crippen LogP contribution >= 0.6 is 0 Å². The molecule has 0 spiro atoms. The van der Waals surface area contributed by atoms with Crippen LogP contribution in [0.3, 0.4) is 0 Å². The molecule has 0 heterocycles. The van der Waals surface area contributed by atoms with Gasteiger partial charge in [0.05, 0.1) is 7.11 Å². The second kappa shape index (κ2) is 4.74. The highest BCUT2D eigenvalue weighted by Crippen LogP contribution is 2.41. The molecule has 0 bridgehead atoms. The van der Waals surface area contributed by atoms with Gasteiger partial charge in [0.15, 0.2) is 0 Å². The van der Waals surface area contributed by atoms with Gasteiger partial charge in [-0.3, -0.25) is 10.1 Å². The van der Waals surface area contributed by atoms with Crippen molar-refractivity contribution in [2.45, 2.75) is 65.0 Å². The first-order chi connectivity index (χ1) is 7.31. The fourth-order valence-corrected chi connectivity index (χ4v) is 2.97. The monoisotopic (exact) mass is 227 g/mol. The van der Waals surface area contributed by atoms with Crippen molar-refractivity contribution in [1.82, 2.24) is 5.32 Å². The van der Waals surface area contributed by atoms with E-state index in [1.54, 1.807) is 0 Å². The molecule has 1 aliphatic rings. The molecule has 1 saturated carbocycles. The van der Waals surface area contributed by atoms with Crippen molar-refractivity contribution < 1.29 is 9.53 Å². The molecular weight excluding hydrogens is 202 g/mol. The molecule has 16 heavy (non-hydrogen) atoms. The fourth-order valence-electron chi connectivity index (χ4n) is 2.97. The normalized spacial score (nSPS) is 29.1. The zero-order valence-electron chi connectivity index (χ0n) is 11.2. The lowest BCUT2D eigenvalue weighted by atomic mass is 9.68. The number of hydrogen-bond donors (Lipinski definition) is 1. The van der Waals surface area contributed by atoms with Gasteiger partial charge < -0.3 is 4.74 Å². The van der Waals surface area contributed by atoms with Crippen molar-refractivity contribution in [3.63, 3.8) is 0 Å². The van der Waals surface area contributed by atoms with E-state index in [0.29, 0.717) is 6.04 Å². The predicted molar refractivity (Wildman–Crippen MR) is 65.3 cm³/mol. The van der Waals surface area contributed by atoms with Crippen molar-refractivity contribution in [1.29, 1.82) is 0 Å². The molecule has 0 radical (unpaired) electrons. The van der Waals surface area contributed by atoms with Crippen LogP contribution in [0.1, 0.15) is 53.4 Å². The number of hydrogen-bond acceptors (Lipinski definition) is 3. The van der Waals surface area contributed by atoms with Crippen LogP contribution < -0.4 is 5.32 Å². The van der Waals surface area contributed by atoms with E-state index in [-0.39, 0.29) is 11.4 Å². The summed E-state index contributed by atoms with van der Waals surface area (Å²) in [6.45, 7) is 8.61. The van der Waals surface area contributed by atoms with Crippen LogP contribution in [0.2, 0.25) is 0 Å². The first kappa shape index (κ1) is 13.5. The molecular formula is C13H25NO2. The predicted octanol–water partition coefficient (Wildman–Crippen LogP) is 2.50. The standard InChI is InChI=1S/C13H25NO2/c1-10(2)14-13(11(15)16-5)8-6-7-12(3,4)9-13/h10,14H,6-9H2,1-5H3. The van der Waals surface area contributed by atoms with Gasteiger partial charge in [0, 0.05) is 6.04 Å². The molecule has 0 aliphatic heterocycles. The van der Waals surface area contributed by atoms with E-state index >= 15 is 0 Å². The number of methoxy groups -OCH3 is 1. The highest BCUT2D eigenvalue weighted by Gasteiger charge is 2.46. The van der Waals surface area contributed by atoms with Gasteiger partial charge in [-0.15, -0.1) is 0 Å². The average molecular weight is 227 g/mol. The van der Waals surface area contributed by atoms with E-state index in [1.165, 1.54) is 13.5 Å². The minimum absolute atomic E-state index is 0.103. The van der Waals surface area contributed by atoms with Gasteiger partial charge in [-0.1, -0.05) is 20.3 Å². The molecule has 1 N–H and O–H groups in total. The fraction of sp³-hybridized carbons (Fsp3) is 0.923. The summed E-state index contributed by atoms with van der Waals surface area (Å²) >= 11 is 0. The van der Waals surface area contributed by atoms with Gasteiger partial charge in [0.2, 0.25) is 0 Å². The lowest BCUT2D eigenvalue weighted by molar-refractivity contribution is -0.152. The zero-order chi connectivity index (χ0) is 12.4. The van der Waals surface area contributed by atoms with Gasteiger partial charge in [0.1, 0.15) is 5.54 Å². The third-order valence-corrected chi connectivity index (χ3v) is 3.38. The minimum atomic E-state index is -0.468. The van der Waals surface area contributed by atoms with Gasteiger partial charge >= 0.3 is 5.97 Å². The van der Waals surface area contributed by atoms with E-state index in [2.05, 4.69) is 33.0 Å². The maximum Gasteiger partial charge on any atom is 0.326 e. The number of nitrogens with one attached hydrogen (secondary N) is 1. The van der Waals surface area contributed by atoms with Crippen molar-refractivity contribution >= 4 is 5.97 Å². The SMILES string of the molecule is COC(=O)C1(NC(C)C)CCCC(C)(C)C1. The summed E-state index contributed by atoms with van der Waals surface area (Å²) in [6.07, 6.45) is 4.03. The topological polar surface area (TPSA) is 38.3 Å². The first-order valence-corrected chi connectivity index (χ1v) is 6.17. The molecule has 1 unspecified atom stereocenters. The highest BCUT2D eigenvalue weighted by atomic mass is 16.5. The summed E-state index contributed by atoms with van der Waals surface area (Å²) < 4.78 is 4.99. The van der Waals surface area contributed by atoms with E-state index in [4.69, 9.17) is 4.74 Å². The second-order valence-electron chi connectivity index (χ2n) is 6.07. The molecule has 1 atom stereocenters. The Morgan fingerprint density at radius 3 is 2.38 bits per heavy atom. The summed E-state index contributed by atoms with van der Waals surface area (Å²) in [4.78, 5) is 12.0. The van der Waals surface area contributed by atoms with Gasteiger partial charge in [-0.2, -0.15) is 0 Å². The van der Waals surface area contributed by atoms with Gasteiger partial charge in [-0.25, -0.2) is 0 Å². The van der Waals surface area contributed by atoms with E-state index < -0.39 is 5.54 Å². The molecule has 1 fully saturated rings. The first-order valence-electron chi connectivity index (χ1n) is 6.17. The van der Waals surface area contributed by atoms with Gasteiger partial charge in [-0.05, 0) is 38.5 Å². The summed E-state index contributed by atoms with van der Waals surface area (Å²) in [7, 11) is 1.48.